The first-order chi connectivity index (χ1) is 23.2. The fraction of sp³-hybridized carbons (Fsp3) is 0.594. The highest BCUT2D eigenvalue weighted by atomic mass is 19.4. The largest absolute Gasteiger partial charge is 0.465 e. The first-order valence-corrected chi connectivity index (χ1v) is 16.2. The number of pyridine rings is 1. The molecule has 2 aromatic heterocycles. The van der Waals surface area contributed by atoms with Crippen LogP contribution in [-0.2, 0) is 25.1 Å². The van der Waals surface area contributed by atoms with Gasteiger partial charge in [0.25, 0.3) is 5.95 Å². The SMILES string of the molecule is CC[C@@H]1C[C@H](N(Cc2cc(C(F)(F)F)cc(C(F)(F)F)c2)c2nnn(C3CCCC(C)C3C(C)C)n2)c2nc(C(F)(F)F)ccc2N1C(=O)O. The molecule has 1 amide bonds. The standard InChI is InChI=1S/C32H36F9N7O2/c1-5-21-14-24(27-23(47(21)29(49)50)9-10-25(42-27)32(39,40)41)46(15-18-11-19(30(33,34)35)13-20(12-18)31(36,37)38)28-43-45-48(44-28)22-8-6-7-17(4)26(22)16(2)3/h9-13,16-17,21-22,24,26H,5-8,14-15H2,1-4H3,(H,49,50)/t17?,21-,22?,24+,26?/m1/s1. The molecule has 0 bridgehead atoms. The molecule has 1 N–H and O–H groups in total. The van der Waals surface area contributed by atoms with Crippen LogP contribution in [0.2, 0.25) is 0 Å². The lowest BCUT2D eigenvalue weighted by molar-refractivity contribution is -0.143. The fourth-order valence-corrected chi connectivity index (χ4v) is 7.51. The molecule has 5 rings (SSSR count). The number of benzene rings is 1. The maximum atomic E-state index is 14.0. The maximum absolute atomic E-state index is 14.0. The first-order valence-electron chi connectivity index (χ1n) is 16.2. The Balaban J connectivity index is 1.72. The van der Waals surface area contributed by atoms with Crippen LogP contribution in [0.1, 0.15) is 100.0 Å². The van der Waals surface area contributed by atoms with Crippen LogP contribution in [0, 0.1) is 17.8 Å². The zero-order valence-electron chi connectivity index (χ0n) is 27.5. The van der Waals surface area contributed by atoms with E-state index >= 15 is 0 Å². The van der Waals surface area contributed by atoms with E-state index in [0.29, 0.717) is 24.6 Å². The minimum atomic E-state index is -5.17. The number of hydrogen-bond acceptors (Lipinski definition) is 6. The zero-order chi connectivity index (χ0) is 36.9. The van der Waals surface area contributed by atoms with Gasteiger partial charge in [-0.1, -0.05) is 45.6 Å². The average molecular weight is 722 g/mol. The number of carbonyl (C=O) groups is 1. The van der Waals surface area contributed by atoms with Crippen molar-refractivity contribution in [3.05, 3.63) is 58.4 Å². The molecule has 1 saturated carbocycles. The van der Waals surface area contributed by atoms with E-state index in [1.54, 1.807) is 6.92 Å². The van der Waals surface area contributed by atoms with Gasteiger partial charge in [-0.3, -0.25) is 4.90 Å². The van der Waals surface area contributed by atoms with Gasteiger partial charge in [0.15, 0.2) is 0 Å². The van der Waals surface area contributed by atoms with Gasteiger partial charge in [0.1, 0.15) is 5.69 Å². The lowest BCUT2D eigenvalue weighted by Gasteiger charge is -2.42. The van der Waals surface area contributed by atoms with Crippen molar-refractivity contribution in [2.45, 2.75) is 103 Å². The molecule has 1 aliphatic heterocycles. The lowest BCUT2D eigenvalue weighted by atomic mass is 9.71. The van der Waals surface area contributed by atoms with Gasteiger partial charge in [0, 0.05) is 12.6 Å². The summed E-state index contributed by atoms with van der Waals surface area (Å²) in [6.07, 6.45) is -14.4. The first kappa shape index (κ1) is 37.1. The van der Waals surface area contributed by atoms with Crippen LogP contribution in [0.5, 0.6) is 0 Å². The third-order valence-electron chi connectivity index (χ3n) is 9.68. The van der Waals surface area contributed by atoms with Crippen LogP contribution in [0.15, 0.2) is 30.3 Å². The predicted octanol–water partition coefficient (Wildman–Crippen LogP) is 9.17. The molecule has 3 unspecified atom stereocenters. The maximum Gasteiger partial charge on any atom is 0.433 e. The summed E-state index contributed by atoms with van der Waals surface area (Å²) in [4.78, 5) is 19.6. The van der Waals surface area contributed by atoms with Gasteiger partial charge in [-0.2, -0.15) is 44.3 Å². The van der Waals surface area contributed by atoms with Gasteiger partial charge in [-0.15, -0.1) is 5.10 Å². The molecular weight excluding hydrogens is 685 g/mol. The van der Waals surface area contributed by atoms with Crippen LogP contribution < -0.4 is 9.80 Å². The van der Waals surface area contributed by atoms with Crippen molar-refractivity contribution in [3.8, 4) is 0 Å². The second kappa shape index (κ2) is 13.5. The van der Waals surface area contributed by atoms with E-state index in [9.17, 15) is 49.4 Å². The number of amides is 1. The van der Waals surface area contributed by atoms with E-state index < -0.39 is 71.3 Å². The van der Waals surface area contributed by atoms with E-state index in [0.717, 1.165) is 23.8 Å². The van der Waals surface area contributed by atoms with E-state index in [-0.39, 0.29) is 54.3 Å². The van der Waals surface area contributed by atoms with Gasteiger partial charge in [-0.25, -0.2) is 9.78 Å². The molecule has 3 aromatic rings. The highest BCUT2D eigenvalue weighted by Gasteiger charge is 2.44. The van der Waals surface area contributed by atoms with Crippen LogP contribution >= 0.6 is 0 Å². The van der Waals surface area contributed by atoms with Crippen molar-refractivity contribution >= 4 is 17.7 Å². The second-order valence-electron chi connectivity index (χ2n) is 13.3. The van der Waals surface area contributed by atoms with Gasteiger partial charge < -0.3 is 10.0 Å². The number of alkyl halides is 9. The molecular formula is C32H36F9N7O2. The second-order valence-corrected chi connectivity index (χ2v) is 13.3. The van der Waals surface area contributed by atoms with E-state index in [4.69, 9.17) is 0 Å². The normalized spacial score (nSPS) is 23.2. The highest BCUT2D eigenvalue weighted by molar-refractivity contribution is 5.88. The molecule has 1 aliphatic carbocycles. The Labute approximate surface area is 281 Å². The smallest absolute Gasteiger partial charge is 0.433 e. The molecule has 0 saturated heterocycles. The molecule has 50 heavy (non-hydrogen) atoms. The summed E-state index contributed by atoms with van der Waals surface area (Å²) in [5.41, 5.74) is -5.64. The summed E-state index contributed by atoms with van der Waals surface area (Å²) >= 11 is 0. The molecule has 0 radical (unpaired) electrons. The number of halogens is 9. The summed E-state index contributed by atoms with van der Waals surface area (Å²) in [5, 5.41) is 23.0. The fourth-order valence-electron chi connectivity index (χ4n) is 7.51. The number of aromatic nitrogens is 5. The van der Waals surface area contributed by atoms with Crippen LogP contribution in [-0.4, -0.2) is 42.4 Å². The van der Waals surface area contributed by atoms with E-state index in [2.05, 4.69) is 27.3 Å². The minimum Gasteiger partial charge on any atom is -0.465 e. The molecule has 274 valence electrons. The molecule has 18 heteroatoms. The number of tetrazole rings is 1. The molecule has 1 fully saturated rings. The highest BCUT2D eigenvalue weighted by Crippen LogP contribution is 2.46. The van der Waals surface area contributed by atoms with E-state index in [1.165, 1.54) is 9.70 Å². The Kier molecular flexibility index (Phi) is 10.1. The molecule has 0 spiro atoms. The van der Waals surface area contributed by atoms with Gasteiger partial charge in [0.05, 0.1) is 34.6 Å². The number of nitrogens with zero attached hydrogens (tertiary/aromatic N) is 7. The number of anilines is 2. The zero-order valence-corrected chi connectivity index (χ0v) is 27.5. The number of hydrogen-bond donors (Lipinski definition) is 1. The molecule has 5 atom stereocenters. The Morgan fingerprint density at radius 3 is 2.16 bits per heavy atom. The number of rotatable bonds is 7. The van der Waals surface area contributed by atoms with Crippen molar-refractivity contribution < 1.29 is 49.4 Å². The molecule has 3 heterocycles. The summed E-state index contributed by atoms with van der Waals surface area (Å²) < 4.78 is 125. The molecule has 9 nitrogen and oxygen atoms in total. The lowest BCUT2D eigenvalue weighted by Crippen LogP contribution is -2.47. The van der Waals surface area contributed by atoms with Crippen LogP contribution in [0.4, 0.5) is 55.9 Å². The predicted molar refractivity (Wildman–Crippen MR) is 162 cm³/mol. The van der Waals surface area contributed by atoms with Crippen LogP contribution in [0.25, 0.3) is 0 Å². The number of fused-ring (bicyclic) bond motifs is 1. The van der Waals surface area contributed by atoms with Crippen molar-refractivity contribution in [2.24, 2.45) is 17.8 Å². The van der Waals surface area contributed by atoms with Gasteiger partial charge in [-0.05, 0) is 78.1 Å². The topological polar surface area (TPSA) is 100 Å². The van der Waals surface area contributed by atoms with E-state index in [1.807, 2.05) is 13.8 Å². The van der Waals surface area contributed by atoms with Crippen molar-refractivity contribution in [2.75, 3.05) is 9.80 Å². The third kappa shape index (κ3) is 7.48. The average Bonchev–Trinajstić information content (AvgIpc) is 3.50. The Morgan fingerprint density at radius 2 is 1.62 bits per heavy atom. The Hall–Kier alpha value is -4.12. The third-order valence-corrected chi connectivity index (χ3v) is 9.68. The Bertz CT molecular complexity index is 1660. The molecule has 2 aliphatic rings. The van der Waals surface area contributed by atoms with Crippen molar-refractivity contribution in [3.63, 3.8) is 0 Å². The van der Waals surface area contributed by atoms with Crippen LogP contribution in [0.3, 0.4) is 0 Å². The molecule has 1 aromatic carbocycles. The van der Waals surface area contributed by atoms with Crippen molar-refractivity contribution in [1.29, 1.82) is 0 Å². The Morgan fingerprint density at radius 1 is 0.980 bits per heavy atom. The summed E-state index contributed by atoms with van der Waals surface area (Å²) in [7, 11) is 0. The summed E-state index contributed by atoms with van der Waals surface area (Å²) in [6, 6.07) is 0.137. The summed E-state index contributed by atoms with van der Waals surface area (Å²) in [5.74, 6) is 0.282. The quantitative estimate of drug-likeness (QED) is 0.243. The van der Waals surface area contributed by atoms with Gasteiger partial charge in [0.2, 0.25) is 0 Å². The van der Waals surface area contributed by atoms with Crippen molar-refractivity contribution in [1.82, 2.24) is 25.2 Å². The monoisotopic (exact) mass is 721 g/mol. The minimum absolute atomic E-state index is 0.0242. The summed E-state index contributed by atoms with van der Waals surface area (Å²) in [6.45, 7) is 7.07. The van der Waals surface area contributed by atoms with Gasteiger partial charge >= 0.3 is 24.6 Å². The number of carboxylic acid groups (broad SMARTS) is 1.